The first-order valence-corrected chi connectivity index (χ1v) is 17.6. The zero-order chi connectivity index (χ0) is 29.4. The van der Waals surface area contributed by atoms with Crippen LogP contribution in [-0.4, -0.2) is 54.5 Å². The van der Waals surface area contributed by atoms with Crippen LogP contribution in [0.2, 0.25) is 0 Å². The number of hydrogen-bond acceptors (Lipinski definition) is 7. The Morgan fingerprint density at radius 2 is 1.45 bits per heavy atom. The van der Waals surface area contributed by atoms with E-state index in [1.807, 2.05) is 12.1 Å². The van der Waals surface area contributed by atoms with Crippen molar-refractivity contribution in [2.75, 3.05) is 38.2 Å². The number of fused-ring (bicyclic) bond motifs is 2. The predicted molar refractivity (Wildman–Crippen MR) is 179 cm³/mol. The van der Waals surface area contributed by atoms with Crippen LogP contribution in [0, 0.1) is 6.92 Å². The van der Waals surface area contributed by atoms with E-state index in [1.54, 1.807) is 11.3 Å². The number of hydrogen-bond donors (Lipinski definition) is 1. The minimum Gasteiger partial charge on any atom is -0.449 e. The number of amidine groups is 1. The number of para-hydroxylation sites is 2. The number of carbonyl (C=O) groups excluding carboxylic acids is 1. The van der Waals surface area contributed by atoms with Crippen LogP contribution >= 0.6 is 11.3 Å². The summed E-state index contributed by atoms with van der Waals surface area (Å²) < 4.78 is 5.64. The van der Waals surface area contributed by atoms with Gasteiger partial charge >= 0.3 is 5.97 Å². The number of anilines is 2. The Bertz CT molecular complexity index is 1110. The quantitative estimate of drug-likeness (QED) is 0.138. The number of rotatable bonds is 18. The third-order valence-electron chi connectivity index (χ3n) is 8.54. The van der Waals surface area contributed by atoms with Gasteiger partial charge in [0, 0.05) is 37.5 Å². The fraction of sp³-hybridized carbons (Fsp3) is 0.657. The monoisotopic (exact) mass is 594 g/mol. The number of thiophene rings is 1. The van der Waals surface area contributed by atoms with Gasteiger partial charge in [0.25, 0.3) is 0 Å². The van der Waals surface area contributed by atoms with Gasteiger partial charge in [-0.2, -0.15) is 0 Å². The van der Waals surface area contributed by atoms with Crippen LogP contribution < -0.4 is 5.32 Å². The van der Waals surface area contributed by atoms with Crippen molar-refractivity contribution in [2.24, 2.45) is 4.99 Å². The number of aliphatic imine (C=N–C) groups is 1. The summed E-state index contributed by atoms with van der Waals surface area (Å²) in [5.41, 5.74) is 3.20. The SMILES string of the molecule is CCCCCCCCCCCCCCCCCC(=O)OCN1CCN(C2=Nc3ccccc3Nc3sc(C)cc32)CC1. The van der Waals surface area contributed by atoms with Gasteiger partial charge < -0.3 is 15.0 Å². The summed E-state index contributed by atoms with van der Waals surface area (Å²) in [7, 11) is 0. The van der Waals surface area contributed by atoms with E-state index in [4.69, 9.17) is 9.73 Å². The molecule has 0 bridgehead atoms. The molecule has 0 aliphatic carbocycles. The van der Waals surface area contributed by atoms with Crippen LogP contribution in [0.25, 0.3) is 0 Å². The average molecular weight is 595 g/mol. The highest BCUT2D eigenvalue weighted by molar-refractivity contribution is 7.16. The molecule has 1 saturated heterocycles. The highest BCUT2D eigenvalue weighted by Gasteiger charge is 2.26. The number of piperazine rings is 1. The second-order valence-electron chi connectivity index (χ2n) is 12.1. The molecule has 232 valence electrons. The van der Waals surface area contributed by atoms with Crippen LogP contribution in [0.1, 0.15) is 120 Å². The third kappa shape index (κ3) is 10.7. The van der Waals surface area contributed by atoms with Gasteiger partial charge in [-0.15, -0.1) is 11.3 Å². The summed E-state index contributed by atoms with van der Waals surface area (Å²) in [5.74, 6) is 0.984. The van der Waals surface area contributed by atoms with Crippen molar-refractivity contribution in [1.82, 2.24) is 9.80 Å². The molecule has 4 rings (SSSR count). The van der Waals surface area contributed by atoms with Crippen molar-refractivity contribution >= 4 is 39.5 Å². The molecule has 6 nitrogen and oxygen atoms in total. The number of benzene rings is 1. The largest absolute Gasteiger partial charge is 0.449 e. The highest BCUT2D eigenvalue weighted by atomic mass is 32.1. The minimum atomic E-state index is -0.0543. The Labute approximate surface area is 258 Å². The Balaban J connectivity index is 1.04. The zero-order valence-electron chi connectivity index (χ0n) is 26.3. The first-order valence-electron chi connectivity index (χ1n) is 16.8. The number of unbranched alkanes of at least 4 members (excludes halogenated alkanes) is 14. The number of aryl methyl sites for hydroxylation is 1. The summed E-state index contributed by atoms with van der Waals surface area (Å²) >= 11 is 1.78. The summed E-state index contributed by atoms with van der Waals surface area (Å²) in [6.45, 7) is 8.28. The standard InChI is InChI=1S/C35H54N4O2S/c1-3-4-5-6-7-8-9-10-11-12-13-14-15-16-17-22-33(40)41-28-38-23-25-39(26-24-38)34-30-27-29(2)42-35(30)37-32-21-19-18-20-31(32)36-34/h18-21,27,37H,3-17,22-26,28H2,1-2H3. The maximum Gasteiger partial charge on any atom is 0.307 e. The lowest BCUT2D eigenvalue weighted by atomic mass is 10.0. The molecule has 2 aromatic rings. The van der Waals surface area contributed by atoms with Crippen LogP contribution in [0.4, 0.5) is 16.4 Å². The molecule has 0 amide bonds. The van der Waals surface area contributed by atoms with Gasteiger partial charge in [-0.25, -0.2) is 4.99 Å². The molecule has 0 atom stereocenters. The normalized spacial score (nSPS) is 15.0. The fourth-order valence-corrected chi connectivity index (χ4v) is 6.87. The van der Waals surface area contributed by atoms with Gasteiger partial charge in [-0.3, -0.25) is 9.69 Å². The molecule has 2 aliphatic heterocycles. The number of nitrogens with zero attached hydrogens (tertiary/aromatic N) is 3. The lowest BCUT2D eigenvalue weighted by molar-refractivity contribution is -0.149. The maximum absolute atomic E-state index is 12.3. The Kier molecular flexibility index (Phi) is 14.2. The van der Waals surface area contributed by atoms with E-state index in [-0.39, 0.29) is 5.97 Å². The third-order valence-corrected chi connectivity index (χ3v) is 9.51. The van der Waals surface area contributed by atoms with Crippen LogP contribution in [0.15, 0.2) is 35.3 Å². The minimum absolute atomic E-state index is 0.0543. The first-order chi connectivity index (χ1) is 20.6. The Morgan fingerprint density at radius 3 is 2.10 bits per heavy atom. The van der Waals surface area contributed by atoms with Gasteiger partial charge in [0.1, 0.15) is 17.6 Å². The molecule has 42 heavy (non-hydrogen) atoms. The van der Waals surface area contributed by atoms with E-state index in [1.165, 1.54) is 93.9 Å². The topological polar surface area (TPSA) is 57.2 Å². The van der Waals surface area contributed by atoms with E-state index in [0.29, 0.717) is 13.2 Å². The van der Waals surface area contributed by atoms with Crippen molar-refractivity contribution < 1.29 is 9.53 Å². The molecule has 0 saturated carbocycles. The van der Waals surface area contributed by atoms with E-state index in [2.05, 4.69) is 47.2 Å². The molecule has 0 spiro atoms. The molecule has 1 N–H and O–H groups in total. The van der Waals surface area contributed by atoms with E-state index in [0.717, 1.165) is 61.2 Å². The summed E-state index contributed by atoms with van der Waals surface area (Å²) in [5, 5.41) is 4.75. The highest BCUT2D eigenvalue weighted by Crippen LogP contribution is 2.39. The van der Waals surface area contributed by atoms with Crippen molar-refractivity contribution in [3.63, 3.8) is 0 Å². The number of nitrogens with one attached hydrogen (secondary N) is 1. The molecule has 3 heterocycles. The van der Waals surface area contributed by atoms with E-state index < -0.39 is 0 Å². The van der Waals surface area contributed by atoms with E-state index in [9.17, 15) is 4.79 Å². The molecule has 0 radical (unpaired) electrons. The second kappa shape index (κ2) is 18.3. The summed E-state index contributed by atoms with van der Waals surface area (Å²) in [4.78, 5) is 23.3. The zero-order valence-corrected chi connectivity index (χ0v) is 27.1. The molecule has 1 fully saturated rings. The van der Waals surface area contributed by atoms with Crippen molar-refractivity contribution in [3.05, 3.63) is 40.8 Å². The Hall–Kier alpha value is -2.38. The van der Waals surface area contributed by atoms with Crippen molar-refractivity contribution in [1.29, 1.82) is 0 Å². The molecule has 2 aliphatic rings. The molecule has 7 heteroatoms. The fourth-order valence-electron chi connectivity index (χ4n) is 5.95. The van der Waals surface area contributed by atoms with Crippen LogP contribution in [-0.2, 0) is 9.53 Å². The molecule has 1 aromatic carbocycles. The van der Waals surface area contributed by atoms with Gasteiger partial charge in [0.2, 0.25) is 0 Å². The average Bonchev–Trinajstić information content (AvgIpc) is 3.29. The molecular weight excluding hydrogens is 540 g/mol. The van der Waals surface area contributed by atoms with Crippen molar-refractivity contribution in [3.8, 4) is 0 Å². The lowest BCUT2D eigenvalue weighted by Gasteiger charge is -2.36. The summed E-state index contributed by atoms with van der Waals surface area (Å²) in [6.07, 6.45) is 20.6. The predicted octanol–water partition coefficient (Wildman–Crippen LogP) is 9.57. The van der Waals surface area contributed by atoms with Crippen LogP contribution in [0.3, 0.4) is 0 Å². The molecular formula is C35H54N4O2S. The number of esters is 1. The van der Waals surface area contributed by atoms with Gasteiger partial charge in [-0.1, -0.05) is 109 Å². The van der Waals surface area contributed by atoms with E-state index >= 15 is 0 Å². The lowest BCUT2D eigenvalue weighted by Crippen LogP contribution is -2.49. The van der Waals surface area contributed by atoms with Gasteiger partial charge in [0.15, 0.2) is 0 Å². The molecule has 1 aromatic heterocycles. The second-order valence-corrected chi connectivity index (χ2v) is 13.4. The van der Waals surface area contributed by atoms with Crippen molar-refractivity contribution in [2.45, 2.75) is 117 Å². The first kappa shape index (κ1) is 32.5. The Morgan fingerprint density at radius 1 is 0.857 bits per heavy atom. The van der Waals surface area contributed by atoms with Gasteiger partial charge in [-0.05, 0) is 31.5 Å². The number of carbonyl (C=O) groups is 1. The van der Waals surface area contributed by atoms with Crippen LogP contribution in [0.5, 0.6) is 0 Å². The number of ether oxygens (including phenoxy) is 1. The maximum atomic E-state index is 12.3. The molecule has 0 unspecified atom stereocenters. The summed E-state index contributed by atoms with van der Waals surface area (Å²) in [6, 6.07) is 10.5. The smallest absolute Gasteiger partial charge is 0.307 e. The van der Waals surface area contributed by atoms with Gasteiger partial charge in [0.05, 0.1) is 16.9 Å².